The summed E-state index contributed by atoms with van der Waals surface area (Å²) in [7, 11) is 0. The number of hydrogen-bond acceptors (Lipinski definition) is 5. The monoisotopic (exact) mass is 272 g/mol. The first-order valence-electron chi connectivity index (χ1n) is 6.91. The molecule has 0 radical (unpaired) electrons. The van der Waals surface area contributed by atoms with Gasteiger partial charge in [0.05, 0.1) is 12.2 Å². The first-order chi connectivity index (χ1) is 8.98. The fourth-order valence-electron chi connectivity index (χ4n) is 2.26. The summed E-state index contributed by atoms with van der Waals surface area (Å²) in [5.41, 5.74) is 4.59. The molecule has 1 aliphatic rings. The molecule has 0 aliphatic heterocycles. The van der Waals surface area contributed by atoms with Crippen molar-refractivity contribution >= 4 is 11.9 Å². The summed E-state index contributed by atoms with van der Waals surface area (Å²) in [6, 6.07) is -1.32. The minimum Gasteiger partial charge on any atom is -0.464 e. The van der Waals surface area contributed by atoms with Gasteiger partial charge >= 0.3 is 5.97 Å². The maximum Gasteiger partial charge on any atom is 0.332 e. The highest BCUT2D eigenvalue weighted by Crippen LogP contribution is 2.26. The molecule has 6 nitrogen and oxygen atoms in total. The van der Waals surface area contributed by atoms with E-state index in [2.05, 4.69) is 10.1 Å². The van der Waals surface area contributed by atoms with E-state index in [9.17, 15) is 14.7 Å². The fourth-order valence-corrected chi connectivity index (χ4v) is 2.26. The third-order valence-corrected chi connectivity index (χ3v) is 3.45. The van der Waals surface area contributed by atoms with Crippen molar-refractivity contribution in [2.45, 2.75) is 57.1 Å². The van der Waals surface area contributed by atoms with Gasteiger partial charge in [-0.15, -0.1) is 0 Å². The van der Waals surface area contributed by atoms with Crippen molar-refractivity contribution in [1.82, 2.24) is 5.32 Å². The maximum absolute atomic E-state index is 11.7. The van der Waals surface area contributed by atoms with E-state index in [1.165, 1.54) is 0 Å². The van der Waals surface area contributed by atoms with Crippen LogP contribution in [0.2, 0.25) is 0 Å². The zero-order chi connectivity index (χ0) is 14.3. The number of esters is 1. The molecular weight excluding hydrogens is 248 g/mol. The van der Waals surface area contributed by atoms with Crippen molar-refractivity contribution in [3.8, 4) is 0 Å². The van der Waals surface area contributed by atoms with Gasteiger partial charge in [-0.25, -0.2) is 4.79 Å². The van der Waals surface area contributed by atoms with Crippen LogP contribution in [0.15, 0.2) is 0 Å². The summed E-state index contributed by atoms with van der Waals surface area (Å²) >= 11 is 0. The van der Waals surface area contributed by atoms with Gasteiger partial charge in [0.15, 0.2) is 6.04 Å². The van der Waals surface area contributed by atoms with Crippen LogP contribution in [-0.4, -0.2) is 41.8 Å². The Kier molecular flexibility index (Phi) is 6.24. The summed E-state index contributed by atoms with van der Waals surface area (Å²) in [6.07, 6.45) is 5.47. The molecule has 1 fully saturated rings. The molecule has 1 unspecified atom stereocenters. The quantitative estimate of drug-likeness (QED) is 0.374. The van der Waals surface area contributed by atoms with E-state index >= 15 is 0 Å². The molecule has 0 saturated heterocycles. The van der Waals surface area contributed by atoms with Gasteiger partial charge in [-0.05, 0) is 19.8 Å². The predicted octanol–water partition coefficient (Wildman–Crippen LogP) is 0.0783. The van der Waals surface area contributed by atoms with Gasteiger partial charge in [-0.3, -0.25) is 4.79 Å². The number of amides is 1. The molecule has 1 aliphatic carbocycles. The molecule has 6 heteroatoms. The number of aliphatic hydroxyl groups is 1. The Morgan fingerprint density at radius 1 is 1.32 bits per heavy atom. The standard InChI is InChI=1S/C13H24N2O4/c1-2-19-12(17)10(14)11(16)15-9-13(18)7-5-3-4-6-8-13/h10,18H,2-9,14H2,1H3,(H,15,16). The number of hydrogen-bond donors (Lipinski definition) is 3. The number of rotatable bonds is 5. The molecule has 110 valence electrons. The molecule has 0 aromatic rings. The van der Waals surface area contributed by atoms with E-state index in [1.807, 2.05) is 0 Å². The first kappa shape index (κ1) is 15.9. The molecule has 1 amide bonds. The van der Waals surface area contributed by atoms with Crippen LogP contribution in [0.3, 0.4) is 0 Å². The molecule has 0 aromatic carbocycles. The summed E-state index contributed by atoms with van der Waals surface area (Å²) < 4.78 is 4.67. The van der Waals surface area contributed by atoms with Crippen LogP contribution in [0.5, 0.6) is 0 Å². The SMILES string of the molecule is CCOC(=O)C(N)C(=O)NCC1(O)CCCCCC1. The highest BCUT2D eigenvalue weighted by molar-refractivity contribution is 6.01. The van der Waals surface area contributed by atoms with Crippen LogP contribution in [0.1, 0.15) is 45.4 Å². The third kappa shape index (κ3) is 5.16. The maximum atomic E-state index is 11.7. The van der Waals surface area contributed by atoms with Gasteiger partial charge in [-0.1, -0.05) is 25.7 Å². The Bertz CT molecular complexity index is 312. The smallest absolute Gasteiger partial charge is 0.332 e. The molecule has 4 N–H and O–H groups in total. The summed E-state index contributed by atoms with van der Waals surface area (Å²) in [5.74, 6) is -1.34. The van der Waals surface area contributed by atoms with E-state index < -0.39 is 23.5 Å². The molecule has 1 rings (SSSR count). The lowest BCUT2D eigenvalue weighted by molar-refractivity contribution is -0.148. The predicted molar refractivity (Wildman–Crippen MR) is 70.3 cm³/mol. The Labute approximate surface area is 113 Å². The number of carbonyl (C=O) groups excluding carboxylic acids is 2. The Morgan fingerprint density at radius 2 is 1.89 bits per heavy atom. The second kappa shape index (κ2) is 7.45. The van der Waals surface area contributed by atoms with Crippen molar-refractivity contribution in [3.05, 3.63) is 0 Å². The number of nitrogens with one attached hydrogen (secondary N) is 1. The van der Waals surface area contributed by atoms with E-state index in [-0.39, 0.29) is 13.2 Å². The Morgan fingerprint density at radius 3 is 2.42 bits per heavy atom. The van der Waals surface area contributed by atoms with Crippen LogP contribution >= 0.6 is 0 Å². The van der Waals surface area contributed by atoms with Crippen LogP contribution in [0, 0.1) is 0 Å². The van der Waals surface area contributed by atoms with E-state index in [0.717, 1.165) is 25.7 Å². The van der Waals surface area contributed by atoms with Crippen LogP contribution in [-0.2, 0) is 14.3 Å². The number of nitrogens with two attached hydrogens (primary N) is 1. The average molecular weight is 272 g/mol. The van der Waals surface area contributed by atoms with Crippen molar-refractivity contribution in [3.63, 3.8) is 0 Å². The van der Waals surface area contributed by atoms with Gasteiger partial charge in [0.1, 0.15) is 0 Å². The Balaban J connectivity index is 2.41. The van der Waals surface area contributed by atoms with E-state index in [1.54, 1.807) is 6.92 Å². The number of carbonyl (C=O) groups is 2. The van der Waals surface area contributed by atoms with Crippen LogP contribution in [0.4, 0.5) is 0 Å². The molecule has 1 saturated carbocycles. The average Bonchev–Trinajstić information content (AvgIpc) is 2.61. The molecule has 0 spiro atoms. The number of ether oxygens (including phenoxy) is 1. The zero-order valence-electron chi connectivity index (χ0n) is 11.5. The minimum atomic E-state index is -1.32. The van der Waals surface area contributed by atoms with E-state index in [0.29, 0.717) is 12.8 Å². The van der Waals surface area contributed by atoms with Gasteiger partial charge in [-0.2, -0.15) is 0 Å². The molecule has 19 heavy (non-hydrogen) atoms. The molecule has 0 heterocycles. The second-order valence-electron chi connectivity index (χ2n) is 5.09. The van der Waals surface area contributed by atoms with E-state index in [4.69, 9.17) is 5.73 Å². The summed E-state index contributed by atoms with van der Waals surface area (Å²) in [4.78, 5) is 23.0. The lowest BCUT2D eigenvalue weighted by Crippen LogP contribution is -2.51. The first-order valence-corrected chi connectivity index (χ1v) is 6.91. The fraction of sp³-hybridized carbons (Fsp3) is 0.846. The highest BCUT2D eigenvalue weighted by atomic mass is 16.5. The summed E-state index contributed by atoms with van der Waals surface area (Å²) in [5, 5.41) is 12.9. The molecule has 0 bridgehead atoms. The van der Waals surface area contributed by atoms with Gasteiger partial charge in [0.25, 0.3) is 0 Å². The minimum absolute atomic E-state index is 0.138. The Hall–Kier alpha value is -1.14. The molecule has 0 aromatic heterocycles. The third-order valence-electron chi connectivity index (χ3n) is 3.45. The van der Waals surface area contributed by atoms with Gasteiger partial charge in [0.2, 0.25) is 5.91 Å². The van der Waals surface area contributed by atoms with Crippen LogP contribution in [0.25, 0.3) is 0 Å². The van der Waals surface area contributed by atoms with Crippen molar-refractivity contribution in [1.29, 1.82) is 0 Å². The molecular formula is C13H24N2O4. The zero-order valence-corrected chi connectivity index (χ0v) is 11.5. The van der Waals surface area contributed by atoms with Crippen molar-refractivity contribution < 1.29 is 19.4 Å². The highest BCUT2D eigenvalue weighted by Gasteiger charge is 2.30. The lowest BCUT2D eigenvalue weighted by atomic mass is 9.94. The van der Waals surface area contributed by atoms with Crippen molar-refractivity contribution in [2.75, 3.05) is 13.2 Å². The largest absolute Gasteiger partial charge is 0.464 e. The normalized spacial score (nSPS) is 20.2. The van der Waals surface area contributed by atoms with Crippen LogP contribution < -0.4 is 11.1 Å². The molecule has 1 atom stereocenters. The van der Waals surface area contributed by atoms with Gasteiger partial charge in [0, 0.05) is 6.54 Å². The van der Waals surface area contributed by atoms with Crippen molar-refractivity contribution in [2.24, 2.45) is 5.73 Å². The van der Waals surface area contributed by atoms with Gasteiger partial charge < -0.3 is 20.9 Å². The second-order valence-corrected chi connectivity index (χ2v) is 5.09. The topological polar surface area (TPSA) is 102 Å². The summed E-state index contributed by atoms with van der Waals surface area (Å²) in [6.45, 7) is 1.97. The lowest BCUT2D eigenvalue weighted by Gasteiger charge is -2.27.